The molecule has 0 spiro atoms. The number of thioether (sulfide) groups is 1. The van der Waals surface area contributed by atoms with E-state index in [9.17, 15) is 14.9 Å². The fourth-order valence-electron chi connectivity index (χ4n) is 2.74. The monoisotopic (exact) mass is 421 g/mol. The van der Waals surface area contributed by atoms with Crippen molar-refractivity contribution in [3.63, 3.8) is 0 Å². The van der Waals surface area contributed by atoms with Crippen LogP contribution >= 0.6 is 11.8 Å². The van der Waals surface area contributed by atoms with Crippen molar-refractivity contribution in [1.82, 2.24) is 25.0 Å². The molecule has 150 valence electrons. The summed E-state index contributed by atoms with van der Waals surface area (Å²) in [5, 5.41) is 22.3. The number of carbonyl (C=O) groups is 1. The van der Waals surface area contributed by atoms with E-state index in [1.165, 1.54) is 42.4 Å². The lowest BCUT2D eigenvalue weighted by Gasteiger charge is -2.05. The fraction of sp³-hybridized carbons (Fsp3) is 0.105. The van der Waals surface area contributed by atoms with Gasteiger partial charge in [-0.2, -0.15) is 0 Å². The van der Waals surface area contributed by atoms with Crippen molar-refractivity contribution in [2.24, 2.45) is 0 Å². The Balaban J connectivity index is 1.42. The second kappa shape index (κ2) is 8.66. The quantitative estimate of drug-likeness (QED) is 0.209. The molecule has 2 heterocycles. The van der Waals surface area contributed by atoms with Crippen LogP contribution in [0.4, 0.5) is 11.4 Å². The summed E-state index contributed by atoms with van der Waals surface area (Å²) in [6.07, 6.45) is 1.42. The summed E-state index contributed by atoms with van der Waals surface area (Å²) >= 11 is 1.22. The Labute approximate surface area is 174 Å². The number of fused-ring (bicyclic) bond motifs is 1. The molecule has 1 N–H and O–H groups in total. The van der Waals surface area contributed by atoms with E-state index >= 15 is 0 Å². The molecular weight excluding hydrogens is 406 g/mol. The van der Waals surface area contributed by atoms with Crippen LogP contribution in [0.25, 0.3) is 11.2 Å². The van der Waals surface area contributed by atoms with E-state index in [1.54, 1.807) is 4.68 Å². The highest BCUT2D eigenvalue weighted by Crippen LogP contribution is 2.23. The Morgan fingerprint density at radius 2 is 1.87 bits per heavy atom. The number of hydrogen-bond donors (Lipinski definition) is 1. The fourth-order valence-corrected chi connectivity index (χ4v) is 3.47. The third-order valence-corrected chi connectivity index (χ3v) is 5.12. The van der Waals surface area contributed by atoms with Gasteiger partial charge in [0.2, 0.25) is 5.91 Å². The van der Waals surface area contributed by atoms with Gasteiger partial charge in [0.1, 0.15) is 11.4 Å². The summed E-state index contributed by atoms with van der Waals surface area (Å²) < 4.78 is 1.69. The number of amides is 1. The first-order valence-electron chi connectivity index (χ1n) is 8.85. The third-order valence-electron chi connectivity index (χ3n) is 4.14. The van der Waals surface area contributed by atoms with E-state index in [0.29, 0.717) is 28.4 Å². The predicted molar refractivity (Wildman–Crippen MR) is 111 cm³/mol. The Hall–Kier alpha value is -3.86. The van der Waals surface area contributed by atoms with Crippen LogP contribution in [-0.4, -0.2) is 41.5 Å². The predicted octanol–water partition coefficient (Wildman–Crippen LogP) is 2.91. The SMILES string of the molecule is O=C(CSc1ncnc2c1nnn2Cc1ccccc1)Nc1ccc([N+](=O)[O-])cc1. The molecule has 0 saturated heterocycles. The first-order valence-corrected chi connectivity index (χ1v) is 9.84. The van der Waals surface area contributed by atoms with Crippen molar-refractivity contribution < 1.29 is 9.72 Å². The summed E-state index contributed by atoms with van der Waals surface area (Å²) in [7, 11) is 0. The molecule has 10 nitrogen and oxygen atoms in total. The lowest BCUT2D eigenvalue weighted by atomic mass is 10.2. The first-order chi connectivity index (χ1) is 14.6. The normalized spacial score (nSPS) is 10.8. The molecule has 2 aromatic heterocycles. The summed E-state index contributed by atoms with van der Waals surface area (Å²) in [5.41, 5.74) is 2.63. The van der Waals surface area contributed by atoms with Crippen molar-refractivity contribution in [3.8, 4) is 0 Å². The molecule has 30 heavy (non-hydrogen) atoms. The molecule has 0 atom stereocenters. The van der Waals surface area contributed by atoms with Crippen LogP contribution in [0.15, 0.2) is 66.0 Å². The van der Waals surface area contributed by atoms with Gasteiger partial charge >= 0.3 is 0 Å². The van der Waals surface area contributed by atoms with Gasteiger partial charge in [0.15, 0.2) is 11.2 Å². The second-order valence-electron chi connectivity index (χ2n) is 6.22. The van der Waals surface area contributed by atoms with Crippen LogP contribution in [-0.2, 0) is 11.3 Å². The number of nitrogens with zero attached hydrogens (tertiary/aromatic N) is 6. The number of nitro groups is 1. The molecule has 2 aromatic carbocycles. The topological polar surface area (TPSA) is 129 Å². The molecule has 0 bridgehead atoms. The highest BCUT2D eigenvalue weighted by atomic mass is 32.2. The maximum atomic E-state index is 12.2. The smallest absolute Gasteiger partial charge is 0.269 e. The Morgan fingerprint density at radius 1 is 1.10 bits per heavy atom. The van der Waals surface area contributed by atoms with Gasteiger partial charge in [0.05, 0.1) is 17.2 Å². The molecule has 4 rings (SSSR count). The Bertz CT molecular complexity index is 1200. The number of nitrogens with one attached hydrogen (secondary N) is 1. The Morgan fingerprint density at radius 3 is 2.60 bits per heavy atom. The summed E-state index contributed by atoms with van der Waals surface area (Å²) in [6.45, 7) is 0.527. The molecule has 4 aromatic rings. The van der Waals surface area contributed by atoms with Crippen LogP contribution in [0.1, 0.15) is 5.56 Å². The standard InChI is InChI=1S/C19H15N7O3S/c27-16(22-14-6-8-15(9-7-14)26(28)29)11-30-19-17-18(20-12-21-19)25(24-23-17)10-13-4-2-1-3-5-13/h1-9,12H,10-11H2,(H,22,27). The number of anilines is 1. The van der Waals surface area contributed by atoms with Gasteiger partial charge in [-0.1, -0.05) is 47.3 Å². The highest BCUT2D eigenvalue weighted by molar-refractivity contribution is 8.00. The average molecular weight is 421 g/mol. The molecule has 0 aliphatic heterocycles. The average Bonchev–Trinajstić information content (AvgIpc) is 3.17. The lowest BCUT2D eigenvalue weighted by Crippen LogP contribution is -2.14. The number of nitro benzene ring substituents is 1. The number of non-ortho nitro benzene ring substituents is 1. The van der Waals surface area contributed by atoms with Crippen molar-refractivity contribution in [2.45, 2.75) is 11.6 Å². The minimum absolute atomic E-state index is 0.0376. The van der Waals surface area contributed by atoms with Gasteiger partial charge in [0.25, 0.3) is 5.69 Å². The van der Waals surface area contributed by atoms with Crippen LogP contribution in [0.2, 0.25) is 0 Å². The maximum absolute atomic E-state index is 12.2. The molecule has 1 amide bonds. The molecule has 0 fully saturated rings. The van der Waals surface area contributed by atoms with E-state index in [-0.39, 0.29) is 17.3 Å². The number of carbonyl (C=O) groups excluding carboxylic acids is 1. The largest absolute Gasteiger partial charge is 0.325 e. The summed E-state index contributed by atoms with van der Waals surface area (Å²) in [5.74, 6) is -0.174. The van der Waals surface area contributed by atoms with Crippen molar-refractivity contribution in [3.05, 3.63) is 76.6 Å². The maximum Gasteiger partial charge on any atom is 0.269 e. The van der Waals surface area contributed by atoms with Crippen LogP contribution in [0.3, 0.4) is 0 Å². The van der Waals surface area contributed by atoms with E-state index in [4.69, 9.17) is 0 Å². The van der Waals surface area contributed by atoms with E-state index in [0.717, 1.165) is 5.56 Å². The minimum atomic E-state index is -0.493. The minimum Gasteiger partial charge on any atom is -0.325 e. The number of hydrogen-bond acceptors (Lipinski definition) is 8. The molecule has 11 heteroatoms. The highest BCUT2D eigenvalue weighted by Gasteiger charge is 2.14. The third kappa shape index (κ3) is 4.41. The molecule has 0 radical (unpaired) electrons. The zero-order chi connectivity index (χ0) is 20.9. The molecule has 0 unspecified atom stereocenters. The van der Waals surface area contributed by atoms with Gasteiger partial charge in [-0.15, -0.1) is 5.10 Å². The first kappa shape index (κ1) is 19.5. The summed E-state index contributed by atoms with van der Waals surface area (Å²) in [6, 6.07) is 15.5. The zero-order valence-corrected chi connectivity index (χ0v) is 16.3. The Kier molecular flexibility index (Phi) is 5.61. The second-order valence-corrected chi connectivity index (χ2v) is 7.19. The lowest BCUT2D eigenvalue weighted by molar-refractivity contribution is -0.384. The zero-order valence-electron chi connectivity index (χ0n) is 15.5. The van der Waals surface area contributed by atoms with Crippen molar-refractivity contribution in [2.75, 3.05) is 11.1 Å². The number of rotatable bonds is 7. The molecule has 0 saturated carbocycles. The van der Waals surface area contributed by atoms with Crippen LogP contribution in [0.5, 0.6) is 0 Å². The van der Waals surface area contributed by atoms with Gasteiger partial charge in [0, 0.05) is 17.8 Å². The van der Waals surface area contributed by atoms with Crippen LogP contribution < -0.4 is 5.32 Å². The molecule has 0 aliphatic rings. The van der Waals surface area contributed by atoms with Gasteiger partial charge in [-0.3, -0.25) is 14.9 Å². The summed E-state index contributed by atoms with van der Waals surface area (Å²) in [4.78, 5) is 30.9. The van der Waals surface area contributed by atoms with Gasteiger partial charge in [-0.05, 0) is 17.7 Å². The van der Waals surface area contributed by atoms with Gasteiger partial charge < -0.3 is 5.32 Å². The van der Waals surface area contributed by atoms with E-state index in [2.05, 4.69) is 25.6 Å². The van der Waals surface area contributed by atoms with Crippen molar-refractivity contribution >= 4 is 40.2 Å². The van der Waals surface area contributed by atoms with Crippen molar-refractivity contribution in [1.29, 1.82) is 0 Å². The molecular formula is C19H15N7O3S. The van der Waals surface area contributed by atoms with Gasteiger partial charge in [-0.25, -0.2) is 14.6 Å². The van der Waals surface area contributed by atoms with E-state index in [1.807, 2.05) is 30.3 Å². The van der Waals surface area contributed by atoms with Crippen LogP contribution in [0, 0.1) is 10.1 Å². The molecule has 0 aliphatic carbocycles. The number of benzene rings is 2. The van der Waals surface area contributed by atoms with E-state index < -0.39 is 4.92 Å². The number of aromatic nitrogens is 5.